The van der Waals surface area contributed by atoms with Crippen molar-refractivity contribution >= 4 is 46.4 Å². The van der Waals surface area contributed by atoms with E-state index in [0.29, 0.717) is 16.3 Å². The topological polar surface area (TPSA) is 58.6 Å². The highest BCUT2D eigenvalue weighted by Crippen LogP contribution is 2.38. The molecule has 0 aliphatic carbocycles. The number of nitrogens with zero attached hydrogens (tertiary/aromatic N) is 1. The molecule has 2 amide bonds. The lowest BCUT2D eigenvalue weighted by molar-refractivity contribution is -0.127. The zero-order valence-corrected chi connectivity index (χ0v) is 13.9. The number of fused-ring (bicyclic) bond motifs is 1. The highest BCUT2D eigenvalue weighted by Gasteiger charge is 2.51. The first-order valence-electron chi connectivity index (χ1n) is 7.22. The molecular weight excluding hydrogens is 370 g/mol. The van der Waals surface area contributed by atoms with Gasteiger partial charge < -0.3 is 0 Å². The SMILES string of the molecule is O=C1C2=C(c3ccc(F)cc3)NO[C@@H]2C(=O)N1c1ccc(Cl)cc1Cl. The molecule has 126 valence electrons. The number of hydrogen-bond donors (Lipinski definition) is 1. The second-order valence-electron chi connectivity index (χ2n) is 5.47. The first-order valence-corrected chi connectivity index (χ1v) is 7.98. The normalized spacial score (nSPS) is 19.5. The maximum atomic E-state index is 13.1. The Morgan fingerprint density at radius 3 is 2.48 bits per heavy atom. The maximum absolute atomic E-state index is 13.1. The Labute approximate surface area is 151 Å². The molecule has 0 bridgehead atoms. The van der Waals surface area contributed by atoms with Gasteiger partial charge in [0.1, 0.15) is 5.82 Å². The van der Waals surface area contributed by atoms with Gasteiger partial charge in [-0.3, -0.25) is 19.9 Å². The van der Waals surface area contributed by atoms with Crippen molar-refractivity contribution in [2.45, 2.75) is 6.10 Å². The van der Waals surface area contributed by atoms with Crippen molar-refractivity contribution in [3.63, 3.8) is 0 Å². The zero-order chi connectivity index (χ0) is 17.7. The van der Waals surface area contributed by atoms with Gasteiger partial charge in [0.2, 0.25) is 0 Å². The predicted molar refractivity (Wildman–Crippen MR) is 90.3 cm³/mol. The van der Waals surface area contributed by atoms with Crippen LogP contribution in [0.4, 0.5) is 10.1 Å². The molecule has 2 aliphatic rings. The van der Waals surface area contributed by atoms with Gasteiger partial charge in [-0.1, -0.05) is 23.2 Å². The van der Waals surface area contributed by atoms with Crippen molar-refractivity contribution in [1.29, 1.82) is 0 Å². The number of imide groups is 1. The second kappa shape index (κ2) is 5.84. The first-order chi connectivity index (χ1) is 12.0. The Morgan fingerprint density at radius 1 is 1.08 bits per heavy atom. The molecule has 0 radical (unpaired) electrons. The molecule has 0 saturated carbocycles. The van der Waals surface area contributed by atoms with Gasteiger partial charge in [0.05, 0.1) is 22.0 Å². The maximum Gasteiger partial charge on any atom is 0.270 e. The minimum Gasteiger partial charge on any atom is -0.270 e. The summed E-state index contributed by atoms with van der Waals surface area (Å²) in [4.78, 5) is 31.7. The first kappa shape index (κ1) is 16.1. The molecule has 4 rings (SSSR count). The zero-order valence-electron chi connectivity index (χ0n) is 12.4. The van der Waals surface area contributed by atoms with Gasteiger partial charge >= 0.3 is 0 Å². The number of rotatable bonds is 2. The third kappa shape index (κ3) is 2.50. The molecule has 2 aliphatic heterocycles. The van der Waals surface area contributed by atoms with Crippen LogP contribution in [-0.4, -0.2) is 17.9 Å². The number of benzene rings is 2. The molecule has 1 atom stereocenters. The van der Waals surface area contributed by atoms with Crippen molar-refractivity contribution in [2.75, 3.05) is 4.90 Å². The molecule has 1 saturated heterocycles. The fourth-order valence-corrected chi connectivity index (χ4v) is 3.31. The number of nitrogens with one attached hydrogen (secondary N) is 1. The summed E-state index contributed by atoms with van der Waals surface area (Å²) < 4.78 is 13.1. The summed E-state index contributed by atoms with van der Waals surface area (Å²) in [6, 6.07) is 9.97. The van der Waals surface area contributed by atoms with Crippen molar-refractivity contribution < 1.29 is 18.8 Å². The lowest BCUT2D eigenvalue weighted by atomic mass is 10.0. The average Bonchev–Trinajstić information content (AvgIpc) is 3.11. The molecule has 5 nitrogen and oxygen atoms in total. The number of carbonyl (C=O) groups excluding carboxylic acids is 2. The predicted octanol–water partition coefficient (Wildman–Crippen LogP) is 3.32. The van der Waals surface area contributed by atoms with Crippen LogP contribution in [-0.2, 0) is 14.4 Å². The molecule has 2 aromatic rings. The number of anilines is 1. The number of hydrogen-bond acceptors (Lipinski definition) is 4. The molecule has 2 heterocycles. The lowest BCUT2D eigenvalue weighted by Crippen LogP contribution is -2.34. The van der Waals surface area contributed by atoms with Gasteiger partial charge in [-0.2, -0.15) is 0 Å². The van der Waals surface area contributed by atoms with Gasteiger partial charge in [-0.25, -0.2) is 9.29 Å². The fourth-order valence-electron chi connectivity index (χ4n) is 2.82. The highest BCUT2D eigenvalue weighted by molar-refractivity contribution is 6.40. The number of carbonyl (C=O) groups is 2. The summed E-state index contributed by atoms with van der Waals surface area (Å²) in [6.07, 6.45) is -1.08. The van der Waals surface area contributed by atoms with Gasteiger partial charge in [0, 0.05) is 10.6 Å². The third-order valence-corrected chi connectivity index (χ3v) is 4.51. The monoisotopic (exact) mass is 378 g/mol. The fraction of sp³-hybridized carbons (Fsp3) is 0.0588. The number of halogens is 3. The molecule has 1 fully saturated rings. The summed E-state index contributed by atoms with van der Waals surface area (Å²) >= 11 is 12.0. The van der Waals surface area contributed by atoms with Gasteiger partial charge in [-0.15, -0.1) is 0 Å². The summed E-state index contributed by atoms with van der Waals surface area (Å²) in [5.41, 5.74) is 3.83. The Morgan fingerprint density at radius 2 is 1.80 bits per heavy atom. The minimum absolute atomic E-state index is 0.155. The van der Waals surface area contributed by atoms with Gasteiger partial charge in [0.25, 0.3) is 11.8 Å². The molecule has 2 aromatic carbocycles. The Bertz CT molecular complexity index is 943. The smallest absolute Gasteiger partial charge is 0.270 e. The average molecular weight is 379 g/mol. The van der Waals surface area contributed by atoms with E-state index in [0.717, 1.165) is 4.90 Å². The molecule has 0 spiro atoms. The quantitative estimate of drug-likeness (QED) is 0.814. The summed E-state index contributed by atoms with van der Waals surface area (Å²) in [5, 5.41) is 0.559. The third-order valence-electron chi connectivity index (χ3n) is 3.97. The van der Waals surface area contributed by atoms with E-state index in [2.05, 4.69) is 5.48 Å². The number of hydroxylamine groups is 1. The Kier molecular flexibility index (Phi) is 3.76. The standard InChI is InChI=1S/C17H9Cl2FN2O3/c18-9-3-6-12(11(19)7-9)22-16(23)13-14(21-25-15(13)17(22)24)8-1-4-10(20)5-2-8/h1-7,15,21H/t15-/m0/s1. The Hall–Kier alpha value is -2.41. The summed E-state index contributed by atoms with van der Waals surface area (Å²) in [7, 11) is 0. The molecule has 25 heavy (non-hydrogen) atoms. The van der Waals surface area contributed by atoms with E-state index in [1.54, 1.807) is 0 Å². The van der Waals surface area contributed by atoms with E-state index in [4.69, 9.17) is 28.0 Å². The molecule has 1 N–H and O–H groups in total. The van der Waals surface area contributed by atoms with E-state index in [1.165, 1.54) is 42.5 Å². The van der Waals surface area contributed by atoms with E-state index in [-0.39, 0.29) is 16.3 Å². The summed E-state index contributed by atoms with van der Waals surface area (Å²) in [5.74, 6) is -1.52. The van der Waals surface area contributed by atoms with Crippen LogP contribution in [0.15, 0.2) is 48.0 Å². The van der Waals surface area contributed by atoms with Gasteiger partial charge in [0.15, 0.2) is 6.10 Å². The van der Waals surface area contributed by atoms with Crippen LogP contribution in [0.25, 0.3) is 5.70 Å². The van der Waals surface area contributed by atoms with Crippen LogP contribution < -0.4 is 10.4 Å². The largest absolute Gasteiger partial charge is 0.270 e. The van der Waals surface area contributed by atoms with Crippen LogP contribution in [0.5, 0.6) is 0 Å². The van der Waals surface area contributed by atoms with Crippen LogP contribution in [0.3, 0.4) is 0 Å². The summed E-state index contributed by atoms with van der Waals surface area (Å²) in [6.45, 7) is 0. The molecule has 0 aromatic heterocycles. The Balaban J connectivity index is 1.80. The molecule has 8 heteroatoms. The highest BCUT2D eigenvalue weighted by atomic mass is 35.5. The van der Waals surface area contributed by atoms with E-state index in [1.807, 2.05) is 0 Å². The molecular formula is C17H9Cl2FN2O3. The van der Waals surface area contributed by atoms with E-state index in [9.17, 15) is 14.0 Å². The lowest BCUT2D eigenvalue weighted by Gasteiger charge is -2.17. The minimum atomic E-state index is -1.08. The van der Waals surface area contributed by atoms with Crippen molar-refractivity contribution in [1.82, 2.24) is 5.48 Å². The van der Waals surface area contributed by atoms with Crippen molar-refractivity contribution in [3.05, 3.63) is 69.5 Å². The van der Waals surface area contributed by atoms with Crippen LogP contribution in [0, 0.1) is 5.82 Å². The van der Waals surface area contributed by atoms with Crippen LogP contribution in [0.2, 0.25) is 10.0 Å². The van der Waals surface area contributed by atoms with Crippen LogP contribution >= 0.6 is 23.2 Å². The van der Waals surface area contributed by atoms with Crippen molar-refractivity contribution in [2.24, 2.45) is 0 Å². The van der Waals surface area contributed by atoms with Crippen molar-refractivity contribution in [3.8, 4) is 0 Å². The van der Waals surface area contributed by atoms with E-state index < -0.39 is 23.7 Å². The van der Waals surface area contributed by atoms with E-state index >= 15 is 0 Å². The number of amides is 2. The van der Waals surface area contributed by atoms with Crippen LogP contribution in [0.1, 0.15) is 5.56 Å². The molecule has 0 unspecified atom stereocenters. The second-order valence-corrected chi connectivity index (χ2v) is 6.31. The van der Waals surface area contributed by atoms with Gasteiger partial charge in [-0.05, 0) is 42.5 Å².